The number of benzene rings is 1. The lowest BCUT2D eigenvalue weighted by Crippen LogP contribution is -2.56. The number of carbonyl (C=O) groups excluding carboxylic acids is 4. The summed E-state index contributed by atoms with van der Waals surface area (Å²) in [5, 5.41) is 0.474. The summed E-state index contributed by atoms with van der Waals surface area (Å²) in [7, 11) is 1.34. The van der Waals surface area contributed by atoms with Crippen LogP contribution in [0.2, 0.25) is 5.02 Å². The van der Waals surface area contributed by atoms with Gasteiger partial charge in [0.05, 0.1) is 18.9 Å². The van der Waals surface area contributed by atoms with Gasteiger partial charge in [0.1, 0.15) is 12.1 Å². The van der Waals surface area contributed by atoms with Gasteiger partial charge in [-0.1, -0.05) is 42.0 Å². The van der Waals surface area contributed by atoms with E-state index in [0.717, 1.165) is 4.90 Å². The number of carbonyl (C=O) groups is 4. The van der Waals surface area contributed by atoms with Gasteiger partial charge in [-0.25, -0.2) is 4.79 Å². The molecule has 0 unspecified atom stereocenters. The third-order valence-electron chi connectivity index (χ3n) is 6.90. The molecule has 3 amide bonds. The molecule has 0 aromatic heterocycles. The van der Waals surface area contributed by atoms with Gasteiger partial charge in [0.2, 0.25) is 17.7 Å². The number of rotatable bonds is 5. The van der Waals surface area contributed by atoms with Crippen molar-refractivity contribution >= 4 is 35.3 Å². The first-order valence-electron chi connectivity index (χ1n) is 11.2. The maximum absolute atomic E-state index is 13.2. The molecule has 0 saturated carbocycles. The van der Waals surface area contributed by atoms with Crippen LogP contribution < -0.4 is 0 Å². The number of hydrogen-bond donors (Lipinski definition) is 0. The van der Waals surface area contributed by atoms with Crippen molar-refractivity contribution in [3.8, 4) is 0 Å². The third-order valence-corrected chi connectivity index (χ3v) is 7.25. The predicted octanol–water partition coefficient (Wildman–Crippen LogP) is 2.04. The van der Waals surface area contributed by atoms with Gasteiger partial charge in [-0.05, 0) is 31.4 Å². The number of imide groups is 1. The van der Waals surface area contributed by atoms with Crippen LogP contribution in [0.5, 0.6) is 0 Å². The second-order valence-electron chi connectivity index (χ2n) is 8.69. The topological polar surface area (TPSA) is 87.2 Å². The van der Waals surface area contributed by atoms with Crippen LogP contribution in [0.3, 0.4) is 0 Å². The maximum atomic E-state index is 13.2. The summed E-state index contributed by atoms with van der Waals surface area (Å²) in [5.74, 6) is -1.88. The van der Waals surface area contributed by atoms with Crippen LogP contribution in [0, 0.1) is 11.8 Å². The number of amides is 3. The van der Waals surface area contributed by atoms with E-state index in [1.807, 2.05) is 23.1 Å². The molecule has 2 heterocycles. The van der Waals surface area contributed by atoms with E-state index in [-0.39, 0.29) is 29.6 Å². The zero-order valence-corrected chi connectivity index (χ0v) is 19.5. The van der Waals surface area contributed by atoms with E-state index >= 15 is 0 Å². The van der Waals surface area contributed by atoms with Crippen LogP contribution in [0.15, 0.2) is 36.4 Å². The number of esters is 1. The predicted molar refractivity (Wildman–Crippen MR) is 121 cm³/mol. The number of likely N-dealkylation sites (tertiary alicyclic amines) is 1. The fourth-order valence-electron chi connectivity index (χ4n) is 5.06. The van der Waals surface area contributed by atoms with Crippen LogP contribution in [0.25, 0.3) is 0 Å². The van der Waals surface area contributed by atoms with Crippen molar-refractivity contribution in [2.45, 2.75) is 31.8 Å². The van der Waals surface area contributed by atoms with Crippen LogP contribution in [0.4, 0.5) is 0 Å². The van der Waals surface area contributed by atoms with Gasteiger partial charge >= 0.3 is 5.97 Å². The van der Waals surface area contributed by atoms with Crippen molar-refractivity contribution in [1.29, 1.82) is 0 Å². The number of ether oxygens (including phenoxy) is 1. The van der Waals surface area contributed by atoms with E-state index in [4.69, 9.17) is 16.3 Å². The second-order valence-corrected chi connectivity index (χ2v) is 9.09. The molecule has 2 aliphatic heterocycles. The van der Waals surface area contributed by atoms with E-state index in [0.29, 0.717) is 49.6 Å². The van der Waals surface area contributed by atoms with Crippen molar-refractivity contribution in [3.05, 3.63) is 47.0 Å². The monoisotopic (exact) mass is 473 g/mol. The van der Waals surface area contributed by atoms with Crippen molar-refractivity contribution < 1.29 is 23.9 Å². The van der Waals surface area contributed by atoms with Gasteiger partial charge in [0.25, 0.3) is 0 Å². The Bertz CT molecular complexity index is 962. The SMILES string of the molecule is COC(=O)[C@H](c1ccccc1Cl)N1CCN(C(=O)[C@H](C)N2C(=O)[C@@H]3CC=CC[C@H]3C2=O)CC1. The summed E-state index contributed by atoms with van der Waals surface area (Å²) in [6, 6.07) is 5.62. The Balaban J connectivity index is 1.43. The summed E-state index contributed by atoms with van der Waals surface area (Å²) in [6.45, 7) is 3.22. The van der Waals surface area contributed by atoms with E-state index in [1.165, 1.54) is 7.11 Å². The van der Waals surface area contributed by atoms with Crippen LogP contribution in [-0.4, -0.2) is 77.7 Å². The molecule has 9 heteroatoms. The van der Waals surface area contributed by atoms with Gasteiger partial charge in [0, 0.05) is 31.2 Å². The molecule has 0 radical (unpaired) electrons. The average molecular weight is 474 g/mol. The molecule has 1 aliphatic carbocycles. The van der Waals surface area contributed by atoms with Gasteiger partial charge in [-0.2, -0.15) is 0 Å². The molecule has 0 N–H and O–H groups in total. The summed E-state index contributed by atoms with van der Waals surface area (Å²) in [6.07, 6.45) is 4.95. The third kappa shape index (κ3) is 4.29. The number of nitrogens with zero attached hydrogens (tertiary/aromatic N) is 3. The standard InChI is InChI=1S/C24H28ClN3O5/c1-15(28-22(30)16-7-3-4-8-17(16)23(28)31)21(29)27-13-11-26(12-14-27)20(24(32)33-2)18-9-5-6-10-19(18)25/h3-6,9-10,15-17,20H,7-8,11-14H2,1-2H3/t15-,16+,17+,20-/m0/s1. The molecule has 3 aliphatic rings. The van der Waals surface area contributed by atoms with Crippen molar-refractivity contribution in [2.24, 2.45) is 11.8 Å². The fourth-order valence-corrected chi connectivity index (χ4v) is 5.30. The highest BCUT2D eigenvalue weighted by Gasteiger charge is 2.50. The fraction of sp³-hybridized carbons (Fsp3) is 0.500. The number of fused-ring (bicyclic) bond motifs is 1. The zero-order chi connectivity index (χ0) is 23.7. The molecule has 33 heavy (non-hydrogen) atoms. The van der Waals surface area contributed by atoms with E-state index in [9.17, 15) is 19.2 Å². The summed E-state index contributed by atoms with van der Waals surface area (Å²) < 4.78 is 5.02. The smallest absolute Gasteiger partial charge is 0.327 e. The number of piperazine rings is 1. The minimum Gasteiger partial charge on any atom is -0.468 e. The minimum absolute atomic E-state index is 0.252. The maximum Gasteiger partial charge on any atom is 0.327 e. The summed E-state index contributed by atoms with van der Waals surface area (Å²) in [5.41, 5.74) is 0.656. The molecular weight excluding hydrogens is 446 g/mol. The normalized spacial score (nSPS) is 25.1. The first-order valence-corrected chi connectivity index (χ1v) is 11.6. The number of allylic oxidation sites excluding steroid dienone is 2. The highest BCUT2D eigenvalue weighted by Crippen LogP contribution is 2.36. The molecule has 2 fully saturated rings. The van der Waals surface area contributed by atoms with Crippen LogP contribution in [-0.2, 0) is 23.9 Å². The summed E-state index contributed by atoms with van der Waals surface area (Å²) in [4.78, 5) is 56.2. The Morgan fingerprint density at radius 2 is 1.58 bits per heavy atom. The van der Waals surface area contributed by atoms with Crippen LogP contribution >= 0.6 is 11.6 Å². The van der Waals surface area contributed by atoms with E-state index in [2.05, 4.69) is 0 Å². The zero-order valence-electron chi connectivity index (χ0n) is 18.8. The molecule has 8 nitrogen and oxygen atoms in total. The van der Waals surface area contributed by atoms with E-state index in [1.54, 1.807) is 30.0 Å². The molecule has 1 aromatic carbocycles. The molecule has 1 aromatic rings. The lowest BCUT2D eigenvalue weighted by Gasteiger charge is -2.39. The van der Waals surface area contributed by atoms with Crippen molar-refractivity contribution in [3.63, 3.8) is 0 Å². The van der Waals surface area contributed by atoms with Crippen molar-refractivity contribution in [1.82, 2.24) is 14.7 Å². The van der Waals surface area contributed by atoms with Crippen LogP contribution in [0.1, 0.15) is 31.4 Å². The Hall–Kier alpha value is -2.71. The lowest BCUT2D eigenvalue weighted by atomic mass is 9.85. The lowest BCUT2D eigenvalue weighted by molar-refractivity contribution is -0.153. The quantitative estimate of drug-likeness (QED) is 0.369. The highest BCUT2D eigenvalue weighted by atomic mass is 35.5. The Morgan fingerprint density at radius 3 is 2.12 bits per heavy atom. The molecular formula is C24H28ClN3O5. The van der Waals surface area contributed by atoms with Gasteiger partial charge in [-0.3, -0.25) is 24.2 Å². The summed E-state index contributed by atoms with van der Waals surface area (Å²) >= 11 is 6.34. The molecule has 4 atom stereocenters. The molecule has 176 valence electrons. The molecule has 2 saturated heterocycles. The second kappa shape index (κ2) is 9.65. The molecule has 4 rings (SSSR count). The largest absolute Gasteiger partial charge is 0.468 e. The molecule has 0 spiro atoms. The van der Waals surface area contributed by atoms with Gasteiger partial charge in [0.15, 0.2) is 0 Å². The Labute approximate surface area is 198 Å². The van der Waals surface area contributed by atoms with Gasteiger partial charge < -0.3 is 9.64 Å². The highest BCUT2D eigenvalue weighted by molar-refractivity contribution is 6.31. The van der Waals surface area contributed by atoms with E-state index < -0.39 is 18.1 Å². The number of hydrogen-bond acceptors (Lipinski definition) is 6. The van der Waals surface area contributed by atoms with Crippen molar-refractivity contribution in [2.75, 3.05) is 33.3 Å². The van der Waals surface area contributed by atoms with Gasteiger partial charge in [-0.15, -0.1) is 0 Å². The number of methoxy groups -OCH3 is 1. The first-order chi connectivity index (χ1) is 15.8. The molecule has 0 bridgehead atoms. The number of halogens is 1. The minimum atomic E-state index is -0.845. The first kappa shape index (κ1) is 23.4. The Morgan fingerprint density at radius 1 is 1.00 bits per heavy atom. The Kier molecular flexibility index (Phi) is 6.86. The average Bonchev–Trinajstić information content (AvgIpc) is 3.10.